The Morgan fingerprint density at radius 2 is 1.78 bits per heavy atom. The Morgan fingerprint density at radius 1 is 1.05 bits per heavy atom. The molecule has 11 heteroatoms. The number of rotatable bonds is 4. The Balaban J connectivity index is 1.73. The van der Waals surface area contributed by atoms with Gasteiger partial charge in [0, 0.05) is 34.3 Å². The zero-order chi connectivity index (χ0) is 26.4. The molecule has 1 atom stereocenters. The van der Waals surface area contributed by atoms with Gasteiger partial charge in [0.2, 0.25) is 0 Å². The molecule has 37 heavy (non-hydrogen) atoms. The summed E-state index contributed by atoms with van der Waals surface area (Å²) in [4.78, 5) is 4.73. The topological polar surface area (TPSA) is 66.3 Å². The van der Waals surface area contributed by atoms with E-state index in [0.29, 0.717) is 22.9 Å². The van der Waals surface area contributed by atoms with Crippen LogP contribution in [-0.4, -0.2) is 34.6 Å². The molecular weight excluding hydrogens is 539 g/mol. The summed E-state index contributed by atoms with van der Waals surface area (Å²) in [6, 6.07) is 22.5. The number of halogens is 4. The number of amidine groups is 1. The lowest BCUT2D eigenvalue weighted by molar-refractivity contribution is -0.137. The van der Waals surface area contributed by atoms with E-state index >= 15 is 0 Å². The van der Waals surface area contributed by atoms with Gasteiger partial charge < -0.3 is 5.73 Å². The number of aliphatic imine (C=N–C) groups is 1. The van der Waals surface area contributed by atoms with Crippen LogP contribution in [0.25, 0.3) is 0 Å². The molecule has 0 aliphatic carbocycles. The summed E-state index contributed by atoms with van der Waals surface area (Å²) < 4.78 is 43.9. The van der Waals surface area contributed by atoms with Crippen LogP contribution >= 0.6 is 35.3 Å². The van der Waals surface area contributed by atoms with E-state index in [1.54, 1.807) is 17.3 Å². The minimum absolute atomic E-state index is 0.0258. The molecule has 1 unspecified atom stereocenters. The molecule has 0 fully saturated rings. The predicted octanol–water partition coefficient (Wildman–Crippen LogP) is 7.29. The number of thioether (sulfide) groups is 1. The molecule has 0 radical (unpaired) electrons. The molecule has 4 rings (SSSR count). The minimum atomic E-state index is -4.44. The molecular formula is C26H23ClF3N5S2. The Hall–Kier alpha value is -2.95. The Labute approximate surface area is 226 Å². The second-order valence-corrected chi connectivity index (χ2v) is 10.1. The lowest BCUT2D eigenvalue weighted by atomic mass is 9.86. The Bertz CT molecular complexity index is 1310. The van der Waals surface area contributed by atoms with E-state index in [0.717, 1.165) is 40.9 Å². The van der Waals surface area contributed by atoms with Crippen molar-refractivity contribution in [3.05, 3.63) is 101 Å². The van der Waals surface area contributed by atoms with Crippen molar-refractivity contribution in [2.75, 3.05) is 12.8 Å². The number of nitrogens with two attached hydrogens (primary N) is 1. The fourth-order valence-corrected chi connectivity index (χ4v) is 4.70. The molecule has 0 bridgehead atoms. The van der Waals surface area contributed by atoms with E-state index in [1.807, 2.05) is 42.5 Å². The maximum Gasteiger partial charge on any atom is 0.416 e. The van der Waals surface area contributed by atoms with Gasteiger partial charge in [0.25, 0.3) is 5.96 Å². The first-order valence-electron chi connectivity index (χ1n) is 11.2. The molecule has 1 aliphatic rings. The van der Waals surface area contributed by atoms with E-state index in [1.165, 1.54) is 17.8 Å². The van der Waals surface area contributed by atoms with Gasteiger partial charge in [-0.25, -0.2) is 5.01 Å². The van der Waals surface area contributed by atoms with E-state index in [9.17, 15) is 13.2 Å². The smallest absolute Gasteiger partial charge is 0.378 e. The lowest BCUT2D eigenvalue weighted by Gasteiger charge is -2.30. The van der Waals surface area contributed by atoms with Crippen molar-refractivity contribution in [1.82, 2.24) is 5.01 Å². The third-order valence-electron chi connectivity index (χ3n) is 5.57. The van der Waals surface area contributed by atoms with Gasteiger partial charge in [-0.15, -0.1) is 0 Å². The predicted molar refractivity (Wildman–Crippen MR) is 148 cm³/mol. The fraction of sp³-hybridized carbons (Fsp3) is 0.192. The van der Waals surface area contributed by atoms with Crippen LogP contribution in [0, 0.1) is 0 Å². The average molecular weight is 562 g/mol. The van der Waals surface area contributed by atoms with E-state index in [4.69, 9.17) is 22.4 Å². The summed E-state index contributed by atoms with van der Waals surface area (Å²) in [6.07, 6.45) is -1.95. The highest BCUT2D eigenvalue weighted by Crippen LogP contribution is 2.33. The van der Waals surface area contributed by atoms with Crippen molar-refractivity contribution in [2.45, 2.75) is 23.4 Å². The number of nitrogens with zero attached hydrogens (tertiary/aromatic N) is 4. The van der Waals surface area contributed by atoms with Crippen molar-refractivity contribution in [3.8, 4) is 0 Å². The summed E-state index contributed by atoms with van der Waals surface area (Å²) in [5.41, 5.74) is 8.09. The van der Waals surface area contributed by atoms with Crippen LogP contribution < -0.4 is 5.73 Å². The second kappa shape index (κ2) is 12.1. The fourth-order valence-electron chi connectivity index (χ4n) is 3.76. The van der Waals surface area contributed by atoms with Crippen LogP contribution in [0.5, 0.6) is 0 Å². The third-order valence-corrected chi connectivity index (χ3v) is 7.06. The van der Waals surface area contributed by atoms with Gasteiger partial charge >= 0.3 is 6.18 Å². The zero-order valence-corrected chi connectivity index (χ0v) is 22.1. The summed E-state index contributed by atoms with van der Waals surface area (Å²) in [6.45, 7) is 0.490. The van der Waals surface area contributed by atoms with Crippen LogP contribution in [0.4, 0.5) is 13.2 Å². The summed E-state index contributed by atoms with van der Waals surface area (Å²) in [5.74, 6) is 0.227. The number of hydrogen-bond acceptors (Lipinski definition) is 4. The summed E-state index contributed by atoms with van der Waals surface area (Å²) in [7, 11) is 0. The number of hydrogen-bond donors (Lipinski definition) is 1. The van der Waals surface area contributed by atoms with E-state index < -0.39 is 11.7 Å². The second-order valence-electron chi connectivity index (χ2n) is 8.03. The van der Waals surface area contributed by atoms with Crippen molar-refractivity contribution in [3.63, 3.8) is 0 Å². The molecule has 0 aromatic heterocycles. The molecule has 1 aliphatic heterocycles. The highest BCUT2D eigenvalue weighted by Gasteiger charge is 2.31. The third kappa shape index (κ3) is 7.09. The van der Waals surface area contributed by atoms with Crippen molar-refractivity contribution in [2.24, 2.45) is 20.2 Å². The van der Waals surface area contributed by atoms with Gasteiger partial charge in [-0.1, -0.05) is 71.9 Å². The normalized spacial score (nSPS) is 17.1. The van der Waals surface area contributed by atoms with Crippen LogP contribution in [0.3, 0.4) is 0 Å². The molecule has 2 N–H and O–H groups in total. The first-order valence-corrected chi connectivity index (χ1v) is 13.6. The number of hydrazone groups is 1. The van der Waals surface area contributed by atoms with Gasteiger partial charge in [0.05, 0.1) is 11.3 Å². The van der Waals surface area contributed by atoms with Crippen molar-refractivity contribution < 1.29 is 13.2 Å². The van der Waals surface area contributed by atoms with Crippen LogP contribution in [0.1, 0.15) is 29.0 Å². The largest absolute Gasteiger partial charge is 0.416 e. The zero-order valence-electron chi connectivity index (χ0n) is 19.7. The van der Waals surface area contributed by atoms with Crippen molar-refractivity contribution >= 4 is 52.1 Å². The highest BCUT2D eigenvalue weighted by molar-refractivity contribution is 8.13. The van der Waals surface area contributed by atoms with Crippen molar-refractivity contribution in [1.29, 1.82) is 0 Å². The Morgan fingerprint density at radius 3 is 2.46 bits per heavy atom. The van der Waals surface area contributed by atoms with Gasteiger partial charge in [0.15, 0.2) is 5.17 Å². The first-order chi connectivity index (χ1) is 17.7. The summed E-state index contributed by atoms with van der Waals surface area (Å²) >= 11 is 8.25. The highest BCUT2D eigenvalue weighted by atomic mass is 35.5. The number of alkyl halides is 3. The van der Waals surface area contributed by atoms with Gasteiger partial charge in [-0.05, 0) is 54.1 Å². The number of guanidine groups is 1. The van der Waals surface area contributed by atoms with Crippen LogP contribution in [0.2, 0.25) is 5.02 Å². The van der Waals surface area contributed by atoms with Crippen LogP contribution in [0.15, 0.2) is 98.2 Å². The number of benzene rings is 3. The minimum Gasteiger partial charge on any atom is -0.378 e. The molecule has 192 valence electrons. The van der Waals surface area contributed by atoms with Gasteiger partial charge in [0.1, 0.15) is 0 Å². The van der Waals surface area contributed by atoms with Gasteiger partial charge in [-0.2, -0.15) is 27.7 Å². The molecule has 0 saturated carbocycles. The monoisotopic (exact) mass is 561 g/mol. The average Bonchev–Trinajstić information content (AvgIpc) is 2.91. The van der Waals surface area contributed by atoms with E-state index in [2.05, 4.69) is 21.5 Å². The molecule has 3 aromatic carbocycles. The lowest BCUT2D eigenvalue weighted by Crippen LogP contribution is -2.35. The molecule has 1 heterocycles. The maximum atomic E-state index is 13.2. The standard InChI is InChI=1S/C26H23ClF3N5S2/c1-36-24(31)32-25(34-37-21-9-5-8-19(16-21)26(28,29)30)35-15-14-22(17-6-3-2-4-7-17)23(33-35)18-10-12-20(27)13-11-18/h2-13,16,22H,14-15H2,1H3,(H2,31,32,34). The summed E-state index contributed by atoms with van der Waals surface area (Å²) in [5, 5.41) is 7.43. The van der Waals surface area contributed by atoms with E-state index in [-0.39, 0.29) is 17.0 Å². The first kappa shape index (κ1) is 27.1. The SMILES string of the molecule is CS/C(N)=N\C(=N\Sc1cccc(C(F)(F)F)c1)N1CCC(c2ccccc2)C(c2ccc(Cl)cc2)=N1. The molecule has 0 saturated heterocycles. The van der Waals surface area contributed by atoms with Gasteiger partial charge in [-0.3, -0.25) is 0 Å². The molecule has 5 nitrogen and oxygen atoms in total. The molecule has 3 aromatic rings. The van der Waals surface area contributed by atoms with Crippen LogP contribution in [-0.2, 0) is 6.18 Å². The Kier molecular flexibility index (Phi) is 8.83. The quantitative estimate of drug-likeness (QED) is 0.206. The molecule has 0 spiro atoms. The molecule has 0 amide bonds. The maximum absolute atomic E-state index is 13.2.